The van der Waals surface area contributed by atoms with E-state index in [1.165, 1.54) is 19.3 Å². The average Bonchev–Trinajstić information content (AvgIpc) is 2.37. The van der Waals surface area contributed by atoms with Crippen LogP contribution in [0.5, 0.6) is 0 Å². The van der Waals surface area contributed by atoms with Gasteiger partial charge < -0.3 is 16.0 Å². The second-order valence-electron chi connectivity index (χ2n) is 6.50. The molecule has 1 aliphatic carbocycles. The number of carbonyl (C=O) groups excluding carboxylic acids is 1. The van der Waals surface area contributed by atoms with Crippen LogP contribution < -0.4 is 11.1 Å². The smallest absolute Gasteiger partial charge is 0.220 e. The van der Waals surface area contributed by atoms with Crippen molar-refractivity contribution < 1.29 is 4.79 Å². The Labute approximate surface area is 118 Å². The third-order valence-electron chi connectivity index (χ3n) is 4.30. The molecular formula is C15H31N3O. The third-order valence-corrected chi connectivity index (χ3v) is 4.30. The molecule has 1 aliphatic rings. The number of hydrogen-bond acceptors (Lipinski definition) is 3. The quantitative estimate of drug-likeness (QED) is 0.740. The fraction of sp³-hybridized carbons (Fsp3) is 0.933. The summed E-state index contributed by atoms with van der Waals surface area (Å²) in [5.41, 5.74) is 6.00. The van der Waals surface area contributed by atoms with Crippen LogP contribution in [0.15, 0.2) is 0 Å². The lowest BCUT2D eigenvalue weighted by Crippen LogP contribution is -2.41. The maximum atomic E-state index is 12.2. The maximum absolute atomic E-state index is 12.2. The summed E-state index contributed by atoms with van der Waals surface area (Å²) in [4.78, 5) is 14.3. The van der Waals surface area contributed by atoms with Crippen LogP contribution >= 0.6 is 0 Å². The fourth-order valence-corrected chi connectivity index (χ4v) is 2.95. The highest BCUT2D eigenvalue weighted by atomic mass is 16.1. The number of carbonyl (C=O) groups is 1. The molecule has 4 heteroatoms. The Bertz CT molecular complexity index is 273. The minimum atomic E-state index is 0.0730. The van der Waals surface area contributed by atoms with E-state index in [1.54, 1.807) is 0 Å². The molecule has 0 aromatic rings. The van der Waals surface area contributed by atoms with Crippen molar-refractivity contribution >= 4 is 5.91 Å². The van der Waals surface area contributed by atoms with E-state index in [9.17, 15) is 4.79 Å². The molecule has 1 amide bonds. The normalized spacial score (nSPS) is 20.3. The van der Waals surface area contributed by atoms with Crippen molar-refractivity contribution in [2.45, 2.75) is 57.9 Å². The summed E-state index contributed by atoms with van der Waals surface area (Å²) in [6.45, 7) is 3.73. The minimum absolute atomic E-state index is 0.0730. The van der Waals surface area contributed by atoms with Crippen molar-refractivity contribution in [3.05, 3.63) is 0 Å². The lowest BCUT2D eigenvalue weighted by molar-refractivity contribution is -0.124. The van der Waals surface area contributed by atoms with Crippen molar-refractivity contribution in [2.24, 2.45) is 11.1 Å². The number of nitrogens with one attached hydrogen (secondary N) is 1. The van der Waals surface area contributed by atoms with E-state index in [0.717, 1.165) is 25.8 Å². The van der Waals surface area contributed by atoms with Gasteiger partial charge in [0, 0.05) is 12.5 Å². The Kier molecular flexibility index (Phi) is 6.80. The number of amides is 1. The molecule has 112 valence electrons. The van der Waals surface area contributed by atoms with Crippen LogP contribution in [0.3, 0.4) is 0 Å². The Hall–Kier alpha value is -0.610. The van der Waals surface area contributed by atoms with E-state index in [-0.39, 0.29) is 17.4 Å². The molecule has 0 heterocycles. The highest BCUT2D eigenvalue weighted by molar-refractivity contribution is 5.77. The van der Waals surface area contributed by atoms with Crippen molar-refractivity contribution in [1.29, 1.82) is 0 Å². The van der Waals surface area contributed by atoms with Crippen LogP contribution in [0.2, 0.25) is 0 Å². The van der Waals surface area contributed by atoms with Gasteiger partial charge in [0.05, 0.1) is 0 Å². The molecule has 1 unspecified atom stereocenters. The molecule has 0 aromatic carbocycles. The molecule has 1 saturated carbocycles. The van der Waals surface area contributed by atoms with Gasteiger partial charge in [-0.05, 0) is 58.8 Å². The summed E-state index contributed by atoms with van der Waals surface area (Å²) in [5, 5.41) is 3.12. The van der Waals surface area contributed by atoms with Gasteiger partial charge in [-0.25, -0.2) is 0 Å². The maximum Gasteiger partial charge on any atom is 0.220 e. The second kappa shape index (κ2) is 7.85. The molecule has 19 heavy (non-hydrogen) atoms. The molecule has 0 bridgehead atoms. The number of nitrogens with two attached hydrogens (primary N) is 1. The Morgan fingerprint density at radius 3 is 2.47 bits per heavy atom. The Morgan fingerprint density at radius 2 is 1.95 bits per heavy atom. The molecule has 4 nitrogen and oxygen atoms in total. The first-order valence-electron chi connectivity index (χ1n) is 7.62. The zero-order valence-corrected chi connectivity index (χ0v) is 12.9. The van der Waals surface area contributed by atoms with Crippen LogP contribution in [0.4, 0.5) is 0 Å². The van der Waals surface area contributed by atoms with E-state index in [0.29, 0.717) is 13.0 Å². The van der Waals surface area contributed by atoms with Crippen molar-refractivity contribution in [1.82, 2.24) is 10.2 Å². The van der Waals surface area contributed by atoms with Gasteiger partial charge in [0.25, 0.3) is 0 Å². The van der Waals surface area contributed by atoms with E-state index in [1.807, 2.05) is 0 Å². The van der Waals surface area contributed by atoms with Crippen molar-refractivity contribution in [2.75, 3.05) is 27.2 Å². The van der Waals surface area contributed by atoms with E-state index < -0.39 is 0 Å². The van der Waals surface area contributed by atoms with E-state index >= 15 is 0 Å². The summed E-state index contributed by atoms with van der Waals surface area (Å²) >= 11 is 0. The van der Waals surface area contributed by atoms with Gasteiger partial charge >= 0.3 is 0 Å². The summed E-state index contributed by atoms with van der Waals surface area (Å²) in [6, 6.07) is 0.244. The predicted molar refractivity (Wildman–Crippen MR) is 80.0 cm³/mol. The van der Waals surface area contributed by atoms with Crippen LogP contribution in [0, 0.1) is 5.41 Å². The number of nitrogens with zero attached hydrogens (tertiary/aromatic N) is 1. The molecule has 0 aromatic heterocycles. The summed E-state index contributed by atoms with van der Waals surface area (Å²) in [6.07, 6.45) is 7.57. The van der Waals surface area contributed by atoms with Crippen LogP contribution in [0.25, 0.3) is 0 Å². The molecular weight excluding hydrogens is 238 g/mol. The van der Waals surface area contributed by atoms with Gasteiger partial charge in [0.15, 0.2) is 0 Å². The standard InChI is InChI=1S/C15H31N3O/c1-13(7-10-18(2)3)17-14(19)11-15(12-16)8-5-4-6-9-15/h13H,4-12,16H2,1-3H3,(H,17,19). The zero-order chi connectivity index (χ0) is 14.3. The molecule has 0 radical (unpaired) electrons. The molecule has 0 aliphatic heterocycles. The molecule has 1 fully saturated rings. The van der Waals surface area contributed by atoms with Gasteiger partial charge in [0.1, 0.15) is 0 Å². The van der Waals surface area contributed by atoms with E-state index in [2.05, 4.69) is 31.2 Å². The molecule has 3 N–H and O–H groups in total. The highest BCUT2D eigenvalue weighted by Crippen LogP contribution is 2.38. The largest absolute Gasteiger partial charge is 0.354 e. The second-order valence-corrected chi connectivity index (χ2v) is 6.50. The lowest BCUT2D eigenvalue weighted by atomic mass is 9.71. The van der Waals surface area contributed by atoms with E-state index in [4.69, 9.17) is 5.73 Å². The van der Waals surface area contributed by atoms with Gasteiger partial charge in [-0.15, -0.1) is 0 Å². The number of hydrogen-bond donors (Lipinski definition) is 2. The topological polar surface area (TPSA) is 58.4 Å². The van der Waals surface area contributed by atoms with Gasteiger partial charge in [-0.2, -0.15) is 0 Å². The lowest BCUT2D eigenvalue weighted by Gasteiger charge is -2.36. The van der Waals surface area contributed by atoms with Gasteiger partial charge in [-0.3, -0.25) is 4.79 Å². The van der Waals surface area contributed by atoms with Gasteiger partial charge in [0.2, 0.25) is 5.91 Å². The third kappa shape index (κ3) is 5.91. The fourth-order valence-electron chi connectivity index (χ4n) is 2.95. The minimum Gasteiger partial charge on any atom is -0.354 e. The first-order chi connectivity index (χ1) is 8.97. The molecule has 0 saturated heterocycles. The molecule has 0 spiro atoms. The van der Waals surface area contributed by atoms with Gasteiger partial charge in [-0.1, -0.05) is 19.3 Å². The molecule has 1 rings (SSSR count). The first kappa shape index (κ1) is 16.4. The Morgan fingerprint density at radius 1 is 1.32 bits per heavy atom. The summed E-state index contributed by atoms with van der Waals surface area (Å²) < 4.78 is 0. The average molecular weight is 269 g/mol. The Balaban J connectivity index is 2.36. The van der Waals surface area contributed by atoms with Crippen LogP contribution in [-0.2, 0) is 4.79 Å². The van der Waals surface area contributed by atoms with Crippen LogP contribution in [0.1, 0.15) is 51.9 Å². The van der Waals surface area contributed by atoms with Crippen molar-refractivity contribution in [3.63, 3.8) is 0 Å². The SMILES string of the molecule is CC(CCN(C)C)NC(=O)CC1(CN)CCCCC1. The predicted octanol–water partition coefficient (Wildman–Crippen LogP) is 1.74. The number of rotatable bonds is 7. The summed E-state index contributed by atoms with van der Waals surface area (Å²) in [7, 11) is 4.11. The van der Waals surface area contributed by atoms with Crippen molar-refractivity contribution in [3.8, 4) is 0 Å². The van der Waals surface area contributed by atoms with Crippen LogP contribution in [-0.4, -0.2) is 44.0 Å². The monoisotopic (exact) mass is 269 g/mol. The molecule has 1 atom stereocenters. The summed E-state index contributed by atoms with van der Waals surface area (Å²) in [5.74, 6) is 0.179. The first-order valence-corrected chi connectivity index (χ1v) is 7.62. The zero-order valence-electron chi connectivity index (χ0n) is 12.9. The highest BCUT2D eigenvalue weighted by Gasteiger charge is 2.33.